The lowest BCUT2D eigenvalue weighted by Gasteiger charge is -2.36. The monoisotopic (exact) mass is 385 g/mol. The summed E-state index contributed by atoms with van der Waals surface area (Å²) in [6.07, 6.45) is 2.86. The van der Waals surface area contributed by atoms with E-state index in [9.17, 15) is 10.1 Å². The molecular weight excluding hydrogens is 358 g/mol. The fourth-order valence-electron chi connectivity index (χ4n) is 3.77. The lowest BCUT2D eigenvalue weighted by Crippen LogP contribution is -2.47. The Morgan fingerprint density at radius 2 is 2.04 bits per heavy atom. The van der Waals surface area contributed by atoms with Crippen LogP contribution in [0.4, 0.5) is 5.69 Å². The summed E-state index contributed by atoms with van der Waals surface area (Å²) in [5.74, 6) is 1.34. The highest BCUT2D eigenvalue weighted by atomic mass is 16.6. The summed E-state index contributed by atoms with van der Waals surface area (Å²) in [4.78, 5) is 17.0. The molecule has 3 rings (SSSR count). The van der Waals surface area contributed by atoms with Gasteiger partial charge in [0, 0.05) is 31.9 Å². The molecule has 0 radical (unpaired) electrons. The van der Waals surface area contributed by atoms with Gasteiger partial charge in [0.05, 0.1) is 23.2 Å². The van der Waals surface area contributed by atoms with E-state index in [0.717, 1.165) is 26.1 Å². The van der Waals surface area contributed by atoms with E-state index in [4.69, 9.17) is 9.47 Å². The molecule has 2 aromatic rings. The quantitative estimate of drug-likeness (QED) is 0.528. The molecule has 7 heteroatoms. The second-order valence-corrected chi connectivity index (χ2v) is 7.64. The lowest BCUT2D eigenvalue weighted by atomic mass is 10.00. The first-order valence-corrected chi connectivity index (χ1v) is 9.64. The van der Waals surface area contributed by atoms with E-state index in [1.807, 2.05) is 18.2 Å². The zero-order chi connectivity index (χ0) is 20.1. The summed E-state index contributed by atoms with van der Waals surface area (Å²) < 4.78 is 11.5. The van der Waals surface area contributed by atoms with Crippen LogP contribution in [0.15, 0.2) is 42.6 Å². The molecule has 0 saturated carbocycles. The van der Waals surface area contributed by atoms with Gasteiger partial charge >= 0.3 is 0 Å². The van der Waals surface area contributed by atoms with Gasteiger partial charge in [-0.15, -0.1) is 0 Å². The molecule has 28 heavy (non-hydrogen) atoms. The minimum absolute atomic E-state index is 0.0382. The van der Waals surface area contributed by atoms with Crippen molar-refractivity contribution in [3.05, 3.63) is 58.3 Å². The highest BCUT2D eigenvalue weighted by Gasteiger charge is 2.23. The summed E-state index contributed by atoms with van der Waals surface area (Å²) in [6.45, 7) is 9.45. The van der Waals surface area contributed by atoms with E-state index < -0.39 is 4.92 Å². The standard InChI is InChI=1S/C21H27N3O4/c1-15(12-23-13-16(2)27-17(3)14-23)9-18-5-4-6-20(10-18)28-21-11-19(24(25)26)7-8-22-21/h4-8,10-11,15-17H,9,12-14H2,1-3H3. The average molecular weight is 385 g/mol. The molecule has 0 aliphatic carbocycles. The smallest absolute Gasteiger partial charge is 0.276 e. The molecule has 7 nitrogen and oxygen atoms in total. The Balaban J connectivity index is 1.60. The summed E-state index contributed by atoms with van der Waals surface area (Å²) in [7, 11) is 0. The maximum absolute atomic E-state index is 10.9. The molecule has 0 N–H and O–H groups in total. The predicted octanol–water partition coefficient (Wildman–Crippen LogP) is 4.07. The third-order valence-corrected chi connectivity index (χ3v) is 4.70. The van der Waals surface area contributed by atoms with Gasteiger partial charge in [-0.05, 0) is 43.9 Å². The number of nitrogens with zero attached hydrogens (tertiary/aromatic N) is 3. The summed E-state index contributed by atoms with van der Waals surface area (Å²) in [5.41, 5.74) is 1.13. The van der Waals surface area contributed by atoms with Crippen molar-refractivity contribution in [3.63, 3.8) is 0 Å². The van der Waals surface area contributed by atoms with Crippen LogP contribution in [-0.4, -0.2) is 46.6 Å². The first-order valence-electron chi connectivity index (χ1n) is 9.64. The van der Waals surface area contributed by atoms with Crippen molar-refractivity contribution in [3.8, 4) is 11.6 Å². The Hall–Kier alpha value is -2.51. The fraction of sp³-hybridized carbons (Fsp3) is 0.476. The third-order valence-electron chi connectivity index (χ3n) is 4.70. The number of rotatable bonds is 7. The summed E-state index contributed by atoms with van der Waals surface area (Å²) >= 11 is 0. The summed E-state index contributed by atoms with van der Waals surface area (Å²) in [5, 5.41) is 10.9. The maximum Gasteiger partial charge on any atom is 0.276 e. The van der Waals surface area contributed by atoms with E-state index in [1.54, 1.807) is 0 Å². The van der Waals surface area contributed by atoms with Gasteiger partial charge in [-0.3, -0.25) is 15.0 Å². The number of benzene rings is 1. The molecule has 0 spiro atoms. The maximum atomic E-state index is 10.9. The van der Waals surface area contributed by atoms with Crippen molar-refractivity contribution in [2.45, 2.75) is 39.4 Å². The fourth-order valence-corrected chi connectivity index (χ4v) is 3.77. The highest BCUT2D eigenvalue weighted by Crippen LogP contribution is 2.24. The number of ether oxygens (including phenoxy) is 2. The number of hydrogen-bond acceptors (Lipinski definition) is 6. The molecule has 2 heterocycles. The zero-order valence-corrected chi connectivity index (χ0v) is 16.6. The Bertz CT molecular complexity index is 804. The molecule has 1 fully saturated rings. The molecule has 0 amide bonds. The first kappa shape index (κ1) is 20.2. The minimum atomic E-state index is -0.458. The first-order chi connectivity index (χ1) is 13.4. The van der Waals surface area contributed by atoms with Crippen molar-refractivity contribution in [1.82, 2.24) is 9.88 Å². The Kier molecular flexibility index (Phi) is 6.59. The van der Waals surface area contributed by atoms with E-state index in [0.29, 0.717) is 11.7 Å². The van der Waals surface area contributed by atoms with Gasteiger partial charge in [-0.2, -0.15) is 0 Å². The van der Waals surface area contributed by atoms with Crippen LogP contribution in [0.5, 0.6) is 11.6 Å². The predicted molar refractivity (Wildman–Crippen MR) is 107 cm³/mol. The van der Waals surface area contributed by atoms with Crippen molar-refractivity contribution < 1.29 is 14.4 Å². The van der Waals surface area contributed by atoms with Crippen LogP contribution in [-0.2, 0) is 11.2 Å². The second kappa shape index (κ2) is 9.12. The molecular formula is C21H27N3O4. The van der Waals surface area contributed by atoms with Crippen molar-refractivity contribution >= 4 is 5.69 Å². The number of pyridine rings is 1. The van der Waals surface area contributed by atoms with E-state index in [1.165, 1.54) is 23.9 Å². The van der Waals surface area contributed by atoms with Crippen molar-refractivity contribution in [2.24, 2.45) is 5.92 Å². The Morgan fingerprint density at radius 1 is 1.29 bits per heavy atom. The van der Waals surface area contributed by atoms with E-state index in [2.05, 4.69) is 36.7 Å². The van der Waals surface area contributed by atoms with Crippen molar-refractivity contribution in [1.29, 1.82) is 0 Å². The van der Waals surface area contributed by atoms with Crippen LogP contribution in [0.3, 0.4) is 0 Å². The second-order valence-electron chi connectivity index (χ2n) is 7.64. The van der Waals surface area contributed by atoms with Crippen LogP contribution in [0.1, 0.15) is 26.3 Å². The van der Waals surface area contributed by atoms with Crippen LogP contribution >= 0.6 is 0 Å². The SMILES string of the molecule is CC(Cc1cccc(Oc2cc([N+](=O)[O-])ccn2)c1)CN1CC(C)OC(C)C1. The molecule has 1 aromatic heterocycles. The number of nitro groups is 1. The minimum Gasteiger partial charge on any atom is -0.439 e. The topological polar surface area (TPSA) is 77.7 Å². The van der Waals surface area contributed by atoms with Gasteiger partial charge in [0.1, 0.15) is 5.75 Å². The van der Waals surface area contributed by atoms with Gasteiger partial charge in [-0.25, -0.2) is 4.98 Å². The molecule has 1 saturated heterocycles. The van der Waals surface area contributed by atoms with Gasteiger partial charge in [0.25, 0.3) is 5.69 Å². The van der Waals surface area contributed by atoms with E-state index >= 15 is 0 Å². The number of morpholine rings is 1. The zero-order valence-electron chi connectivity index (χ0n) is 16.6. The molecule has 1 aliphatic heterocycles. The summed E-state index contributed by atoms with van der Waals surface area (Å²) in [6, 6.07) is 10.5. The van der Waals surface area contributed by atoms with Crippen LogP contribution in [0.25, 0.3) is 0 Å². The van der Waals surface area contributed by atoms with Gasteiger partial charge in [0.2, 0.25) is 5.88 Å². The average Bonchev–Trinajstić information content (AvgIpc) is 2.61. The third kappa shape index (κ3) is 5.74. The van der Waals surface area contributed by atoms with Crippen molar-refractivity contribution in [2.75, 3.05) is 19.6 Å². The van der Waals surface area contributed by atoms with Gasteiger partial charge in [0.15, 0.2) is 0 Å². The Morgan fingerprint density at radius 3 is 2.75 bits per heavy atom. The molecule has 1 aromatic carbocycles. The van der Waals surface area contributed by atoms with Crippen LogP contribution in [0.2, 0.25) is 0 Å². The number of hydrogen-bond donors (Lipinski definition) is 0. The van der Waals surface area contributed by atoms with Gasteiger partial charge in [-0.1, -0.05) is 19.1 Å². The lowest BCUT2D eigenvalue weighted by molar-refractivity contribution is -0.385. The van der Waals surface area contributed by atoms with Crippen LogP contribution in [0, 0.1) is 16.0 Å². The molecule has 150 valence electrons. The molecule has 3 unspecified atom stereocenters. The molecule has 1 aliphatic rings. The molecule has 3 atom stereocenters. The van der Waals surface area contributed by atoms with E-state index in [-0.39, 0.29) is 23.8 Å². The van der Waals surface area contributed by atoms with Crippen LogP contribution < -0.4 is 4.74 Å². The Labute approximate surface area is 165 Å². The molecule has 0 bridgehead atoms. The number of aromatic nitrogens is 1. The van der Waals surface area contributed by atoms with Gasteiger partial charge < -0.3 is 9.47 Å². The largest absolute Gasteiger partial charge is 0.439 e. The normalized spacial score (nSPS) is 21.2. The highest BCUT2D eigenvalue weighted by molar-refractivity contribution is 5.36.